The molecule has 1 saturated carbocycles. The molecule has 1 fully saturated rings. The number of carbonyl (C=O) groups excluding carboxylic acids is 1. The summed E-state index contributed by atoms with van der Waals surface area (Å²) in [4.78, 5) is 12.3. The Morgan fingerprint density at radius 3 is 2.63 bits per heavy atom. The molecule has 0 heterocycles. The highest BCUT2D eigenvalue weighted by atomic mass is 127. The molecule has 19 heavy (non-hydrogen) atoms. The van der Waals surface area contributed by atoms with Crippen molar-refractivity contribution < 1.29 is 4.79 Å². The standard InChI is InChI=1S/C14H16BrClINO/c15-9-14(6-2-1-3-7-14)18-13(19)10-4-5-12(17)11(16)8-10/h4-5,8H,1-3,6-7,9H2,(H,18,19). The van der Waals surface area contributed by atoms with Crippen molar-refractivity contribution in [2.75, 3.05) is 5.33 Å². The Labute approximate surface area is 140 Å². The summed E-state index contributed by atoms with van der Waals surface area (Å²) in [5.74, 6) is -0.0281. The lowest BCUT2D eigenvalue weighted by Gasteiger charge is -2.36. The minimum absolute atomic E-state index is 0.0281. The van der Waals surface area contributed by atoms with Crippen molar-refractivity contribution in [1.29, 1.82) is 0 Å². The van der Waals surface area contributed by atoms with Gasteiger partial charge in [-0.25, -0.2) is 0 Å². The molecule has 0 radical (unpaired) electrons. The lowest BCUT2D eigenvalue weighted by molar-refractivity contribution is 0.0886. The fourth-order valence-electron chi connectivity index (χ4n) is 2.47. The predicted molar refractivity (Wildman–Crippen MR) is 91.2 cm³/mol. The van der Waals surface area contributed by atoms with Crippen molar-refractivity contribution in [2.24, 2.45) is 0 Å². The Bertz CT molecular complexity index is 475. The molecule has 5 heteroatoms. The molecule has 1 aromatic carbocycles. The number of hydrogen-bond donors (Lipinski definition) is 1. The first-order chi connectivity index (χ1) is 9.06. The quantitative estimate of drug-likeness (QED) is 0.515. The zero-order chi connectivity index (χ0) is 13.9. The summed E-state index contributed by atoms with van der Waals surface area (Å²) < 4.78 is 0.962. The van der Waals surface area contributed by atoms with E-state index >= 15 is 0 Å². The summed E-state index contributed by atoms with van der Waals surface area (Å²) in [6.07, 6.45) is 5.71. The SMILES string of the molecule is O=C(NC1(CBr)CCCCC1)c1ccc(I)c(Cl)c1. The fraction of sp³-hybridized carbons (Fsp3) is 0.500. The summed E-state index contributed by atoms with van der Waals surface area (Å²) in [5.41, 5.74) is 0.543. The number of hydrogen-bond acceptors (Lipinski definition) is 1. The van der Waals surface area contributed by atoms with E-state index in [2.05, 4.69) is 43.8 Å². The molecule has 2 nitrogen and oxygen atoms in total. The summed E-state index contributed by atoms with van der Waals surface area (Å²) >= 11 is 11.8. The largest absolute Gasteiger partial charge is 0.346 e. The average Bonchev–Trinajstić information content (AvgIpc) is 2.43. The van der Waals surface area contributed by atoms with Crippen LogP contribution in [0.15, 0.2) is 18.2 Å². The van der Waals surface area contributed by atoms with Crippen molar-refractivity contribution in [2.45, 2.75) is 37.6 Å². The lowest BCUT2D eigenvalue weighted by atomic mass is 9.83. The van der Waals surface area contributed by atoms with E-state index in [4.69, 9.17) is 11.6 Å². The van der Waals surface area contributed by atoms with Gasteiger partial charge in [0.1, 0.15) is 0 Å². The molecule has 0 spiro atoms. The van der Waals surface area contributed by atoms with Crippen LogP contribution in [-0.2, 0) is 0 Å². The highest BCUT2D eigenvalue weighted by Gasteiger charge is 2.32. The van der Waals surface area contributed by atoms with Gasteiger partial charge in [-0.05, 0) is 53.6 Å². The van der Waals surface area contributed by atoms with E-state index in [9.17, 15) is 4.79 Å². The minimum atomic E-state index is -0.0925. The van der Waals surface area contributed by atoms with Gasteiger partial charge in [-0.3, -0.25) is 4.79 Å². The van der Waals surface area contributed by atoms with Gasteiger partial charge in [0.05, 0.1) is 10.6 Å². The van der Waals surface area contributed by atoms with Gasteiger partial charge >= 0.3 is 0 Å². The van der Waals surface area contributed by atoms with E-state index in [1.54, 1.807) is 6.07 Å². The van der Waals surface area contributed by atoms with Crippen LogP contribution in [0.2, 0.25) is 5.02 Å². The van der Waals surface area contributed by atoms with Crippen LogP contribution in [0, 0.1) is 3.57 Å². The highest BCUT2D eigenvalue weighted by Crippen LogP contribution is 2.30. The number of alkyl halides is 1. The monoisotopic (exact) mass is 455 g/mol. The van der Waals surface area contributed by atoms with Gasteiger partial charge in [0.15, 0.2) is 0 Å². The van der Waals surface area contributed by atoms with Crippen molar-refractivity contribution in [3.8, 4) is 0 Å². The maximum absolute atomic E-state index is 12.3. The van der Waals surface area contributed by atoms with Gasteiger partial charge in [-0.2, -0.15) is 0 Å². The molecule has 0 saturated heterocycles. The molecule has 2 rings (SSSR count). The minimum Gasteiger partial charge on any atom is -0.346 e. The Hall–Kier alpha value is 0.190. The van der Waals surface area contributed by atoms with Gasteiger partial charge in [0.2, 0.25) is 0 Å². The van der Waals surface area contributed by atoms with Crippen LogP contribution in [0.5, 0.6) is 0 Å². The topological polar surface area (TPSA) is 29.1 Å². The molecule has 0 atom stereocenters. The first-order valence-corrected chi connectivity index (χ1v) is 8.98. The Morgan fingerprint density at radius 2 is 2.05 bits per heavy atom. The van der Waals surface area contributed by atoms with Crippen molar-refractivity contribution >= 4 is 56.0 Å². The Morgan fingerprint density at radius 1 is 1.37 bits per heavy atom. The second kappa shape index (κ2) is 6.76. The van der Waals surface area contributed by atoms with Crippen LogP contribution in [0.3, 0.4) is 0 Å². The van der Waals surface area contributed by atoms with Crippen molar-refractivity contribution in [3.63, 3.8) is 0 Å². The molecule has 1 aliphatic carbocycles. The van der Waals surface area contributed by atoms with Gasteiger partial charge < -0.3 is 5.32 Å². The average molecular weight is 457 g/mol. The molecule has 0 aromatic heterocycles. The van der Waals surface area contributed by atoms with Gasteiger partial charge in [-0.1, -0.05) is 46.8 Å². The van der Waals surface area contributed by atoms with E-state index in [1.165, 1.54) is 19.3 Å². The maximum Gasteiger partial charge on any atom is 0.251 e. The Kier molecular flexibility index (Phi) is 5.55. The molecule has 1 amide bonds. The smallest absolute Gasteiger partial charge is 0.251 e. The number of benzene rings is 1. The fourth-order valence-corrected chi connectivity index (χ4v) is 3.69. The lowest BCUT2D eigenvalue weighted by Crippen LogP contribution is -2.51. The van der Waals surface area contributed by atoms with Crippen LogP contribution >= 0.6 is 50.1 Å². The third-order valence-corrected chi connectivity index (χ3v) is 6.27. The summed E-state index contributed by atoms with van der Waals surface area (Å²) in [6, 6.07) is 5.44. The zero-order valence-corrected chi connectivity index (χ0v) is 15.0. The van der Waals surface area contributed by atoms with Gasteiger partial charge in [-0.15, -0.1) is 0 Å². The molecule has 0 aliphatic heterocycles. The molecule has 1 aromatic rings. The normalized spacial score (nSPS) is 18.1. The summed E-state index contributed by atoms with van der Waals surface area (Å²) in [5, 5.41) is 4.64. The molecular formula is C14H16BrClINO. The highest BCUT2D eigenvalue weighted by molar-refractivity contribution is 14.1. The number of rotatable bonds is 3. The van der Waals surface area contributed by atoms with E-state index in [1.807, 2.05) is 12.1 Å². The molecule has 104 valence electrons. The zero-order valence-electron chi connectivity index (χ0n) is 10.5. The number of nitrogens with one attached hydrogen (secondary N) is 1. The van der Waals surface area contributed by atoms with Crippen LogP contribution in [0.4, 0.5) is 0 Å². The number of amides is 1. The predicted octanol–water partition coefficient (Wildman–Crippen LogP) is 4.77. The molecule has 0 unspecified atom stereocenters. The first-order valence-electron chi connectivity index (χ1n) is 6.40. The molecule has 1 aliphatic rings. The van der Waals surface area contributed by atoms with Crippen molar-refractivity contribution in [1.82, 2.24) is 5.32 Å². The maximum atomic E-state index is 12.3. The summed E-state index contributed by atoms with van der Waals surface area (Å²) in [7, 11) is 0. The molecular weight excluding hydrogens is 440 g/mol. The Balaban J connectivity index is 2.12. The van der Waals surface area contributed by atoms with Crippen LogP contribution < -0.4 is 5.32 Å². The van der Waals surface area contributed by atoms with E-state index < -0.39 is 0 Å². The second-order valence-electron chi connectivity index (χ2n) is 5.06. The van der Waals surface area contributed by atoms with E-state index in [0.29, 0.717) is 10.6 Å². The van der Waals surface area contributed by atoms with Gasteiger partial charge in [0.25, 0.3) is 5.91 Å². The van der Waals surface area contributed by atoms with E-state index in [0.717, 1.165) is 21.7 Å². The second-order valence-corrected chi connectivity index (χ2v) is 7.19. The van der Waals surface area contributed by atoms with Crippen LogP contribution in [0.25, 0.3) is 0 Å². The molecule has 1 N–H and O–H groups in total. The van der Waals surface area contributed by atoms with Gasteiger partial charge in [0, 0.05) is 14.5 Å². The molecule has 0 bridgehead atoms. The van der Waals surface area contributed by atoms with Crippen LogP contribution in [-0.4, -0.2) is 16.8 Å². The number of carbonyl (C=O) groups is 1. The number of halogens is 3. The van der Waals surface area contributed by atoms with E-state index in [-0.39, 0.29) is 11.4 Å². The van der Waals surface area contributed by atoms with Crippen molar-refractivity contribution in [3.05, 3.63) is 32.4 Å². The third-order valence-electron chi connectivity index (χ3n) is 3.63. The van der Waals surface area contributed by atoms with Crippen LogP contribution in [0.1, 0.15) is 42.5 Å². The summed E-state index contributed by atoms with van der Waals surface area (Å²) in [6.45, 7) is 0. The third kappa shape index (κ3) is 3.85. The first kappa shape index (κ1) is 15.6.